The Morgan fingerprint density at radius 2 is 2.23 bits per heavy atom. The van der Waals surface area contributed by atoms with Crippen molar-refractivity contribution in [3.8, 4) is 0 Å². The molecule has 0 aromatic heterocycles. The summed E-state index contributed by atoms with van der Waals surface area (Å²) >= 11 is 3.33. The van der Waals surface area contributed by atoms with Crippen LogP contribution in [0.15, 0.2) is 0 Å². The molecule has 0 aromatic rings. The maximum Gasteiger partial charge on any atom is 0.248 e. The van der Waals surface area contributed by atoms with E-state index >= 15 is 0 Å². The first-order valence-electron chi connectivity index (χ1n) is 4.52. The highest BCUT2D eigenvalue weighted by Crippen LogP contribution is 2.00. The van der Waals surface area contributed by atoms with Crippen LogP contribution in [0.1, 0.15) is 20.3 Å². The van der Waals surface area contributed by atoms with Crippen LogP contribution in [-0.4, -0.2) is 42.4 Å². The summed E-state index contributed by atoms with van der Waals surface area (Å²) in [7, 11) is 1.80. The predicted molar refractivity (Wildman–Crippen MR) is 57.1 cm³/mol. The second-order valence-electron chi connectivity index (χ2n) is 3.06. The summed E-state index contributed by atoms with van der Waals surface area (Å²) in [5.74, 6) is 0.0420. The van der Waals surface area contributed by atoms with Crippen molar-refractivity contribution in [2.24, 2.45) is 0 Å². The number of ether oxygens (including phenoxy) is 1. The number of hydrogen-bond acceptors (Lipinski definition) is 2. The minimum absolute atomic E-state index is 0.0420. The van der Waals surface area contributed by atoms with E-state index < -0.39 is 0 Å². The van der Waals surface area contributed by atoms with Crippen LogP contribution in [0.25, 0.3) is 0 Å². The minimum atomic E-state index is 0.0420. The van der Waals surface area contributed by atoms with E-state index in [1.165, 1.54) is 0 Å². The Kier molecular flexibility index (Phi) is 7.28. The Hall–Kier alpha value is -0.0900. The molecule has 0 radical (unpaired) electrons. The van der Waals surface area contributed by atoms with Gasteiger partial charge >= 0.3 is 0 Å². The third kappa shape index (κ3) is 5.26. The molecule has 1 unspecified atom stereocenters. The topological polar surface area (TPSA) is 29.5 Å². The summed E-state index contributed by atoms with van der Waals surface area (Å²) in [6.07, 6.45) is 0.949. The van der Waals surface area contributed by atoms with Crippen molar-refractivity contribution < 1.29 is 9.53 Å². The van der Waals surface area contributed by atoms with Gasteiger partial charge in [-0.25, -0.2) is 0 Å². The molecule has 0 aromatic carbocycles. The number of alkyl halides is 1. The number of carbonyl (C=O) groups is 1. The maximum absolute atomic E-state index is 11.4. The summed E-state index contributed by atoms with van der Waals surface area (Å²) in [6, 6.07) is 0.220. The Labute approximate surface area is 88.6 Å². The summed E-state index contributed by atoms with van der Waals surface area (Å²) < 4.78 is 5.15. The van der Waals surface area contributed by atoms with Gasteiger partial charge in [-0.15, -0.1) is 0 Å². The molecule has 1 amide bonds. The van der Waals surface area contributed by atoms with Gasteiger partial charge in [0.05, 0.1) is 0 Å². The van der Waals surface area contributed by atoms with E-state index in [9.17, 15) is 4.79 Å². The molecule has 0 aliphatic heterocycles. The fraction of sp³-hybridized carbons (Fsp3) is 0.889. The van der Waals surface area contributed by atoms with Gasteiger partial charge in [0.15, 0.2) is 0 Å². The summed E-state index contributed by atoms with van der Waals surface area (Å²) in [5.41, 5.74) is 0. The maximum atomic E-state index is 11.4. The molecule has 0 spiro atoms. The quantitative estimate of drug-likeness (QED) is 0.531. The van der Waals surface area contributed by atoms with Gasteiger partial charge < -0.3 is 9.64 Å². The van der Waals surface area contributed by atoms with E-state index in [-0.39, 0.29) is 18.6 Å². The SMILES string of the molecule is CCCOCC(=O)N(C)C(C)CBr. The van der Waals surface area contributed by atoms with Gasteiger partial charge in [-0.05, 0) is 13.3 Å². The molecule has 78 valence electrons. The van der Waals surface area contributed by atoms with Crippen LogP contribution in [0.4, 0.5) is 0 Å². The third-order valence-corrected chi connectivity index (χ3v) is 2.79. The van der Waals surface area contributed by atoms with Crippen molar-refractivity contribution in [1.82, 2.24) is 4.90 Å². The monoisotopic (exact) mass is 251 g/mol. The summed E-state index contributed by atoms with van der Waals surface area (Å²) in [6.45, 7) is 4.87. The summed E-state index contributed by atoms with van der Waals surface area (Å²) in [5, 5.41) is 0.795. The lowest BCUT2D eigenvalue weighted by Crippen LogP contribution is -2.38. The number of halogens is 1. The largest absolute Gasteiger partial charge is 0.372 e. The zero-order valence-electron chi connectivity index (χ0n) is 8.55. The Balaban J connectivity index is 3.69. The lowest BCUT2D eigenvalue weighted by molar-refractivity contribution is -0.136. The average molecular weight is 252 g/mol. The molecule has 4 heteroatoms. The van der Waals surface area contributed by atoms with Crippen molar-refractivity contribution in [2.75, 3.05) is 25.6 Å². The van der Waals surface area contributed by atoms with Crippen molar-refractivity contribution in [1.29, 1.82) is 0 Å². The first-order chi connectivity index (χ1) is 6.13. The molecule has 1 atom stereocenters. The van der Waals surface area contributed by atoms with Crippen LogP contribution in [0.3, 0.4) is 0 Å². The van der Waals surface area contributed by atoms with E-state index in [0.717, 1.165) is 11.8 Å². The zero-order valence-corrected chi connectivity index (χ0v) is 10.1. The van der Waals surface area contributed by atoms with Crippen molar-refractivity contribution in [2.45, 2.75) is 26.3 Å². The number of nitrogens with zero attached hydrogens (tertiary/aromatic N) is 1. The predicted octanol–water partition coefficient (Wildman–Crippen LogP) is 1.65. The number of rotatable bonds is 6. The molecule has 0 fully saturated rings. The first kappa shape index (κ1) is 12.9. The van der Waals surface area contributed by atoms with Gasteiger partial charge in [-0.1, -0.05) is 22.9 Å². The standard InChI is InChI=1S/C9H18BrNO2/c1-4-5-13-7-9(12)11(3)8(2)6-10/h8H,4-7H2,1-3H3. The lowest BCUT2D eigenvalue weighted by Gasteiger charge is -2.22. The average Bonchev–Trinajstić information content (AvgIpc) is 2.15. The van der Waals surface area contributed by atoms with Crippen LogP contribution >= 0.6 is 15.9 Å². The van der Waals surface area contributed by atoms with Gasteiger partial charge in [0, 0.05) is 25.0 Å². The van der Waals surface area contributed by atoms with Gasteiger partial charge in [0.1, 0.15) is 6.61 Å². The first-order valence-corrected chi connectivity index (χ1v) is 5.65. The number of likely N-dealkylation sites (N-methyl/N-ethyl adjacent to an activating group) is 1. The molecule has 0 saturated heterocycles. The van der Waals surface area contributed by atoms with Crippen LogP contribution in [0.5, 0.6) is 0 Å². The van der Waals surface area contributed by atoms with E-state index in [1.54, 1.807) is 11.9 Å². The van der Waals surface area contributed by atoms with E-state index in [1.807, 2.05) is 13.8 Å². The molecule has 0 rings (SSSR count). The van der Waals surface area contributed by atoms with Gasteiger partial charge in [0.25, 0.3) is 0 Å². The molecule has 0 heterocycles. The molecule has 0 saturated carbocycles. The Morgan fingerprint density at radius 1 is 1.62 bits per heavy atom. The van der Waals surface area contributed by atoms with Crippen LogP contribution in [0.2, 0.25) is 0 Å². The molecule has 0 N–H and O–H groups in total. The fourth-order valence-electron chi connectivity index (χ4n) is 0.755. The highest BCUT2D eigenvalue weighted by atomic mass is 79.9. The second kappa shape index (κ2) is 7.33. The number of amides is 1. The van der Waals surface area contributed by atoms with E-state index in [4.69, 9.17) is 4.74 Å². The molecule has 3 nitrogen and oxygen atoms in total. The molecular formula is C9H18BrNO2. The molecular weight excluding hydrogens is 234 g/mol. The zero-order chi connectivity index (χ0) is 10.3. The third-order valence-electron chi connectivity index (χ3n) is 1.85. The fourth-order valence-corrected chi connectivity index (χ4v) is 1.19. The molecule has 0 aliphatic rings. The van der Waals surface area contributed by atoms with Crippen LogP contribution in [0, 0.1) is 0 Å². The number of hydrogen-bond donors (Lipinski definition) is 0. The smallest absolute Gasteiger partial charge is 0.248 e. The van der Waals surface area contributed by atoms with Gasteiger partial charge in [-0.2, -0.15) is 0 Å². The molecule has 13 heavy (non-hydrogen) atoms. The molecule has 0 aliphatic carbocycles. The Bertz CT molecular complexity index is 153. The van der Waals surface area contributed by atoms with Crippen molar-refractivity contribution in [3.05, 3.63) is 0 Å². The van der Waals surface area contributed by atoms with E-state index in [0.29, 0.717) is 6.61 Å². The summed E-state index contributed by atoms with van der Waals surface area (Å²) in [4.78, 5) is 13.1. The molecule has 0 bridgehead atoms. The van der Waals surface area contributed by atoms with Crippen LogP contribution in [-0.2, 0) is 9.53 Å². The van der Waals surface area contributed by atoms with Crippen molar-refractivity contribution >= 4 is 21.8 Å². The van der Waals surface area contributed by atoms with E-state index in [2.05, 4.69) is 15.9 Å². The highest BCUT2D eigenvalue weighted by Gasteiger charge is 2.13. The van der Waals surface area contributed by atoms with Gasteiger partial charge in [-0.3, -0.25) is 4.79 Å². The minimum Gasteiger partial charge on any atom is -0.372 e. The van der Waals surface area contributed by atoms with Crippen LogP contribution < -0.4 is 0 Å². The highest BCUT2D eigenvalue weighted by molar-refractivity contribution is 9.09. The normalized spacial score (nSPS) is 12.6. The second-order valence-corrected chi connectivity index (χ2v) is 3.71. The lowest BCUT2D eigenvalue weighted by atomic mass is 10.3. The Morgan fingerprint density at radius 3 is 2.69 bits per heavy atom. The van der Waals surface area contributed by atoms with Gasteiger partial charge in [0.2, 0.25) is 5.91 Å². The van der Waals surface area contributed by atoms with Crippen molar-refractivity contribution in [3.63, 3.8) is 0 Å². The number of carbonyl (C=O) groups excluding carboxylic acids is 1.